The van der Waals surface area contributed by atoms with Crippen LogP contribution in [0.25, 0.3) is 5.70 Å². The molecule has 3 aliphatic rings. The molecule has 1 fully saturated rings. The first-order valence-corrected chi connectivity index (χ1v) is 14.5. The van der Waals surface area contributed by atoms with Crippen LogP contribution in [0.3, 0.4) is 0 Å². The fourth-order valence-electron chi connectivity index (χ4n) is 4.80. The predicted molar refractivity (Wildman–Crippen MR) is 148 cm³/mol. The zero-order valence-corrected chi connectivity index (χ0v) is 22.1. The summed E-state index contributed by atoms with van der Waals surface area (Å²) in [4.78, 5) is 14.7. The molecule has 38 heavy (non-hydrogen) atoms. The Bertz CT molecular complexity index is 1300. The average Bonchev–Trinajstić information content (AvgIpc) is 3.34. The number of nitrogens with two attached hydrogens (primary N) is 1. The Morgan fingerprint density at radius 3 is 2.45 bits per heavy atom. The van der Waals surface area contributed by atoms with Gasteiger partial charge in [-0.15, -0.1) is 0 Å². The van der Waals surface area contributed by atoms with Crippen molar-refractivity contribution in [1.29, 1.82) is 0 Å². The molecule has 2 amide bonds. The van der Waals surface area contributed by atoms with Crippen molar-refractivity contribution in [2.45, 2.75) is 42.9 Å². The van der Waals surface area contributed by atoms with Gasteiger partial charge in [0.05, 0.1) is 10.6 Å². The van der Waals surface area contributed by atoms with Crippen molar-refractivity contribution in [3.63, 3.8) is 0 Å². The predicted octanol–water partition coefficient (Wildman–Crippen LogP) is 1.54. The van der Waals surface area contributed by atoms with Crippen LogP contribution in [-0.4, -0.2) is 52.8 Å². The third-order valence-electron chi connectivity index (χ3n) is 6.95. The van der Waals surface area contributed by atoms with E-state index in [0.29, 0.717) is 6.54 Å². The van der Waals surface area contributed by atoms with E-state index < -0.39 is 10.0 Å². The molecule has 2 aromatic carbocycles. The summed E-state index contributed by atoms with van der Waals surface area (Å²) in [5.41, 5.74) is 10.0. The monoisotopic (exact) mass is 537 g/mol. The number of hydrogen-bond donors (Lipinski definition) is 6. The number of hydrogen-bond acceptors (Lipinski definition) is 7. The molecule has 10 nitrogen and oxygen atoms in total. The van der Waals surface area contributed by atoms with Crippen LogP contribution in [0.1, 0.15) is 30.4 Å². The summed E-state index contributed by atoms with van der Waals surface area (Å²) < 4.78 is 28.4. The maximum atomic E-state index is 12.8. The van der Waals surface area contributed by atoms with Crippen LogP contribution in [-0.2, 0) is 16.6 Å². The molecule has 202 valence electrons. The molecule has 0 aromatic heterocycles. The standard InChI is InChI=1S/C27H35N7O3S/c28-12-1-13-30-17-19-2-6-23(7-3-19)34-18-21-16-25(31-26(21)32-27(34)35)20-4-8-24(9-5-20)38(36,37)33-22-10-14-29-15-11-22/h2-9,16,18,22,26,29-31,33H,1,10-15,17,28H2,(H,32,35). The Labute approximate surface area is 223 Å². The highest BCUT2D eigenvalue weighted by Gasteiger charge is 2.31. The lowest BCUT2D eigenvalue weighted by Crippen LogP contribution is -2.51. The Balaban J connectivity index is 1.26. The molecular formula is C27H35N7O3S. The van der Waals surface area contributed by atoms with Crippen LogP contribution in [0.15, 0.2) is 71.3 Å². The van der Waals surface area contributed by atoms with E-state index in [4.69, 9.17) is 5.73 Å². The first-order valence-electron chi connectivity index (χ1n) is 13.1. The van der Waals surface area contributed by atoms with E-state index >= 15 is 0 Å². The number of carbonyl (C=O) groups excluding carboxylic acids is 1. The maximum absolute atomic E-state index is 12.8. The smallest absolute Gasteiger partial charge is 0.327 e. The van der Waals surface area contributed by atoms with Crippen LogP contribution < -0.4 is 36.6 Å². The van der Waals surface area contributed by atoms with Gasteiger partial charge in [-0.1, -0.05) is 24.3 Å². The third kappa shape index (κ3) is 6.08. The van der Waals surface area contributed by atoms with Crippen LogP contribution in [0, 0.1) is 0 Å². The number of benzene rings is 2. The second-order valence-corrected chi connectivity index (χ2v) is 11.5. The minimum absolute atomic E-state index is 0.0454. The number of nitrogens with zero attached hydrogens (tertiary/aromatic N) is 1. The van der Waals surface area contributed by atoms with Gasteiger partial charge in [-0.3, -0.25) is 4.90 Å². The maximum Gasteiger partial charge on any atom is 0.327 e. The molecule has 2 aromatic rings. The van der Waals surface area contributed by atoms with Gasteiger partial charge in [0.25, 0.3) is 0 Å². The summed E-state index contributed by atoms with van der Waals surface area (Å²) >= 11 is 0. The van der Waals surface area contributed by atoms with Crippen molar-refractivity contribution in [3.8, 4) is 0 Å². The van der Waals surface area contributed by atoms with E-state index in [9.17, 15) is 13.2 Å². The Morgan fingerprint density at radius 1 is 1.00 bits per heavy atom. The number of fused-ring (bicyclic) bond motifs is 1. The van der Waals surface area contributed by atoms with Crippen molar-refractivity contribution in [1.82, 2.24) is 26.0 Å². The second-order valence-electron chi connectivity index (χ2n) is 9.74. The van der Waals surface area contributed by atoms with E-state index in [1.54, 1.807) is 29.2 Å². The molecule has 11 heteroatoms. The Hall–Kier alpha value is -3.22. The van der Waals surface area contributed by atoms with Gasteiger partial charge in [0.1, 0.15) is 6.17 Å². The first-order chi connectivity index (χ1) is 18.4. The van der Waals surface area contributed by atoms with E-state index in [0.717, 1.165) is 73.5 Å². The summed E-state index contributed by atoms with van der Waals surface area (Å²) in [5.74, 6) is 0. The number of carbonyl (C=O) groups is 1. The molecule has 0 saturated carbocycles. The van der Waals surface area contributed by atoms with E-state index in [1.165, 1.54) is 0 Å². The minimum atomic E-state index is -3.58. The molecular weight excluding hydrogens is 502 g/mol. The highest BCUT2D eigenvalue weighted by atomic mass is 32.2. The van der Waals surface area contributed by atoms with E-state index in [1.807, 2.05) is 36.5 Å². The molecule has 1 atom stereocenters. The molecule has 3 heterocycles. The number of rotatable bonds is 10. The Kier molecular flexibility index (Phi) is 8.10. The fraction of sp³-hybridized carbons (Fsp3) is 0.370. The second kappa shape index (κ2) is 11.7. The summed E-state index contributed by atoms with van der Waals surface area (Å²) in [7, 11) is -3.58. The Morgan fingerprint density at radius 2 is 1.74 bits per heavy atom. The van der Waals surface area contributed by atoms with Gasteiger partial charge in [0.15, 0.2) is 0 Å². The van der Waals surface area contributed by atoms with Gasteiger partial charge >= 0.3 is 6.03 Å². The van der Waals surface area contributed by atoms with Crippen LogP contribution in [0.4, 0.5) is 10.5 Å². The molecule has 0 spiro atoms. The lowest BCUT2D eigenvalue weighted by molar-refractivity contribution is 0.244. The molecule has 0 radical (unpaired) electrons. The minimum Gasteiger partial charge on any atom is -0.361 e. The summed E-state index contributed by atoms with van der Waals surface area (Å²) in [6.07, 6.45) is 5.96. The normalized spacial score (nSPS) is 19.9. The number of nitrogens with one attached hydrogen (secondary N) is 5. The summed E-state index contributed by atoms with van der Waals surface area (Å²) in [6, 6.07) is 14.4. The molecule has 5 rings (SSSR count). The molecule has 3 aliphatic heterocycles. The number of amides is 2. The topological polar surface area (TPSA) is 141 Å². The molecule has 0 bridgehead atoms. The first kappa shape index (κ1) is 26.4. The number of anilines is 1. The van der Waals surface area contributed by atoms with Crippen molar-refractivity contribution >= 4 is 27.4 Å². The summed E-state index contributed by atoms with van der Waals surface area (Å²) in [5, 5.41) is 12.9. The highest BCUT2D eigenvalue weighted by Crippen LogP contribution is 2.28. The SMILES string of the molecule is NCCCNCc1ccc(N2C=C3C=C(c4ccc(S(=O)(=O)NC5CCNCC5)cc4)NC3NC2=O)cc1. The third-order valence-corrected chi connectivity index (χ3v) is 8.48. The molecule has 7 N–H and O–H groups in total. The van der Waals surface area contributed by atoms with Crippen molar-refractivity contribution < 1.29 is 13.2 Å². The van der Waals surface area contributed by atoms with Gasteiger partial charge in [-0.05, 0) is 86.9 Å². The van der Waals surface area contributed by atoms with Gasteiger partial charge in [-0.25, -0.2) is 17.9 Å². The van der Waals surface area contributed by atoms with Crippen LogP contribution >= 0.6 is 0 Å². The largest absolute Gasteiger partial charge is 0.361 e. The van der Waals surface area contributed by atoms with Gasteiger partial charge < -0.3 is 27.0 Å². The van der Waals surface area contributed by atoms with Gasteiger partial charge in [0, 0.05) is 30.1 Å². The number of sulfonamides is 1. The quantitative estimate of drug-likeness (QED) is 0.253. The highest BCUT2D eigenvalue weighted by molar-refractivity contribution is 7.89. The fourth-order valence-corrected chi connectivity index (χ4v) is 6.10. The van der Waals surface area contributed by atoms with Crippen molar-refractivity contribution in [2.75, 3.05) is 31.1 Å². The zero-order chi connectivity index (χ0) is 26.5. The molecule has 1 saturated heterocycles. The average molecular weight is 538 g/mol. The van der Waals surface area contributed by atoms with Crippen molar-refractivity contribution in [2.24, 2.45) is 5.73 Å². The van der Waals surface area contributed by atoms with Crippen LogP contribution in [0.2, 0.25) is 0 Å². The van der Waals surface area contributed by atoms with Gasteiger partial charge in [-0.2, -0.15) is 0 Å². The molecule has 1 unspecified atom stereocenters. The van der Waals surface area contributed by atoms with Crippen LogP contribution in [0.5, 0.6) is 0 Å². The van der Waals surface area contributed by atoms with Gasteiger partial charge in [0.2, 0.25) is 10.0 Å². The molecule has 0 aliphatic carbocycles. The lowest BCUT2D eigenvalue weighted by atomic mass is 10.1. The number of urea groups is 1. The zero-order valence-electron chi connectivity index (χ0n) is 21.2. The lowest BCUT2D eigenvalue weighted by Gasteiger charge is -2.29. The number of piperidine rings is 1. The van der Waals surface area contributed by atoms with Crippen molar-refractivity contribution in [3.05, 3.63) is 77.5 Å². The van der Waals surface area contributed by atoms with E-state index in [-0.39, 0.29) is 23.1 Å². The summed E-state index contributed by atoms with van der Waals surface area (Å²) in [6.45, 7) is 3.92. The van der Waals surface area contributed by atoms with E-state index in [2.05, 4.69) is 26.0 Å².